The topological polar surface area (TPSA) is 68.3 Å². The summed E-state index contributed by atoms with van der Waals surface area (Å²) in [5.41, 5.74) is 2.94. The van der Waals surface area contributed by atoms with Crippen LogP contribution in [0.5, 0.6) is 11.5 Å². The zero-order valence-corrected chi connectivity index (χ0v) is 19.8. The maximum Gasteiger partial charge on any atom is 0.417 e. The van der Waals surface area contributed by atoms with Crippen LogP contribution in [0.25, 0.3) is 0 Å². The highest BCUT2D eigenvalue weighted by Gasteiger charge is 2.41. The Labute approximate surface area is 194 Å². The second-order valence-corrected chi connectivity index (χ2v) is 9.14. The van der Waals surface area contributed by atoms with Crippen LogP contribution in [0, 0.1) is 0 Å². The maximum absolute atomic E-state index is 13.5. The minimum absolute atomic E-state index is 0.185. The largest absolute Gasteiger partial charge is 0.493 e. The normalized spacial score (nSPS) is 18.0. The summed E-state index contributed by atoms with van der Waals surface area (Å²) in [6.07, 6.45) is 1.99. The molecule has 0 saturated carbocycles. The first kappa shape index (κ1) is 22.7. The van der Waals surface area contributed by atoms with Crippen molar-refractivity contribution >= 4 is 17.7 Å². The number of hydrogen-bond donors (Lipinski definition) is 0. The fourth-order valence-corrected chi connectivity index (χ4v) is 4.40. The third-order valence-electron chi connectivity index (χ3n) is 5.86. The van der Waals surface area contributed by atoms with E-state index in [2.05, 4.69) is 4.90 Å². The number of carbonyl (C=O) groups excluding carboxylic acids is 2. The van der Waals surface area contributed by atoms with Gasteiger partial charge in [-0.15, -0.1) is 0 Å². The van der Waals surface area contributed by atoms with E-state index in [1.807, 2.05) is 48.5 Å². The Morgan fingerprint density at radius 1 is 1.03 bits per heavy atom. The minimum atomic E-state index is -0.683. The quantitative estimate of drug-likeness (QED) is 0.683. The number of fused-ring (bicyclic) bond motifs is 1. The molecule has 0 aromatic heterocycles. The van der Waals surface area contributed by atoms with Gasteiger partial charge >= 0.3 is 6.09 Å². The Balaban J connectivity index is 1.76. The van der Waals surface area contributed by atoms with Gasteiger partial charge in [0.05, 0.1) is 26.8 Å². The van der Waals surface area contributed by atoms with Gasteiger partial charge in [0.25, 0.3) is 5.91 Å². The van der Waals surface area contributed by atoms with Crippen LogP contribution in [-0.2, 0) is 16.0 Å². The molecule has 174 valence electrons. The third-order valence-corrected chi connectivity index (χ3v) is 5.86. The van der Waals surface area contributed by atoms with E-state index in [4.69, 9.17) is 14.2 Å². The zero-order valence-electron chi connectivity index (χ0n) is 19.8. The van der Waals surface area contributed by atoms with Gasteiger partial charge in [-0.3, -0.25) is 4.79 Å². The predicted molar refractivity (Wildman–Crippen MR) is 126 cm³/mol. The molecule has 2 heterocycles. The lowest BCUT2D eigenvalue weighted by Crippen LogP contribution is -2.42. The average Bonchev–Trinajstić information content (AvgIpc) is 3.17. The molecule has 33 heavy (non-hydrogen) atoms. The first-order valence-electron chi connectivity index (χ1n) is 11.0. The van der Waals surface area contributed by atoms with Crippen molar-refractivity contribution in [2.45, 2.75) is 38.8 Å². The highest BCUT2D eigenvalue weighted by atomic mass is 16.6. The van der Waals surface area contributed by atoms with E-state index in [-0.39, 0.29) is 18.5 Å². The Bertz CT molecular complexity index is 1090. The lowest BCUT2D eigenvalue weighted by Gasteiger charge is -2.40. The molecule has 0 fully saturated rings. The van der Waals surface area contributed by atoms with Crippen molar-refractivity contribution < 1.29 is 23.8 Å². The van der Waals surface area contributed by atoms with Crippen molar-refractivity contribution in [3.63, 3.8) is 0 Å². The summed E-state index contributed by atoms with van der Waals surface area (Å²) in [5.74, 6) is 0.925. The molecule has 1 atom stereocenters. The zero-order chi connectivity index (χ0) is 23.8. The number of para-hydroxylation sites is 1. The van der Waals surface area contributed by atoms with E-state index < -0.39 is 11.7 Å². The highest BCUT2D eigenvalue weighted by Crippen LogP contribution is 2.44. The predicted octanol–water partition coefficient (Wildman–Crippen LogP) is 4.51. The van der Waals surface area contributed by atoms with Gasteiger partial charge in [0.2, 0.25) is 0 Å². The number of rotatable bonds is 4. The van der Waals surface area contributed by atoms with Gasteiger partial charge < -0.3 is 19.1 Å². The second-order valence-electron chi connectivity index (χ2n) is 9.14. The van der Waals surface area contributed by atoms with E-state index in [0.29, 0.717) is 23.6 Å². The van der Waals surface area contributed by atoms with Crippen LogP contribution in [0.3, 0.4) is 0 Å². The fourth-order valence-electron chi connectivity index (χ4n) is 4.40. The summed E-state index contributed by atoms with van der Waals surface area (Å²) in [5, 5.41) is 0. The number of nitrogens with zero attached hydrogens (tertiary/aromatic N) is 2. The molecule has 0 radical (unpaired) electrons. The number of ether oxygens (including phenoxy) is 3. The molecule has 2 aromatic rings. The molecule has 1 unspecified atom stereocenters. The summed E-state index contributed by atoms with van der Waals surface area (Å²) >= 11 is 0. The molecular formula is C26H30N2O5. The van der Waals surface area contributed by atoms with Crippen molar-refractivity contribution in [3.8, 4) is 11.5 Å². The first-order valence-corrected chi connectivity index (χ1v) is 11.0. The Morgan fingerprint density at radius 2 is 1.70 bits per heavy atom. The minimum Gasteiger partial charge on any atom is -0.493 e. The van der Waals surface area contributed by atoms with E-state index in [1.165, 1.54) is 4.90 Å². The molecule has 0 N–H and O–H groups in total. The van der Waals surface area contributed by atoms with Crippen LogP contribution >= 0.6 is 0 Å². The van der Waals surface area contributed by atoms with Crippen LogP contribution < -0.4 is 14.4 Å². The Morgan fingerprint density at radius 3 is 2.33 bits per heavy atom. The number of anilines is 1. The summed E-state index contributed by atoms with van der Waals surface area (Å²) in [6.45, 7) is 6.26. The van der Waals surface area contributed by atoms with Crippen LogP contribution in [0.1, 0.15) is 37.9 Å². The average molecular weight is 451 g/mol. The molecule has 0 spiro atoms. The molecule has 0 bridgehead atoms. The Kier molecular flexibility index (Phi) is 6.06. The maximum atomic E-state index is 13.5. The van der Waals surface area contributed by atoms with Gasteiger partial charge in [0.1, 0.15) is 5.60 Å². The van der Waals surface area contributed by atoms with Crippen LogP contribution in [0.4, 0.5) is 10.5 Å². The SMILES string of the molecule is COc1cc2c(cc1OC)C(C1=CCN(C(=O)OC(C)(C)C)C1=O)N(c1ccccc1)CC2. The number of carbonyl (C=O) groups is 2. The summed E-state index contributed by atoms with van der Waals surface area (Å²) in [7, 11) is 3.21. The number of imide groups is 1. The molecule has 2 aliphatic rings. The molecule has 0 saturated heterocycles. The highest BCUT2D eigenvalue weighted by molar-refractivity contribution is 6.06. The summed E-state index contributed by atoms with van der Waals surface area (Å²) in [6, 6.07) is 13.6. The van der Waals surface area contributed by atoms with Gasteiger partial charge in [0, 0.05) is 17.8 Å². The van der Waals surface area contributed by atoms with Crippen molar-refractivity contribution in [3.05, 3.63) is 65.2 Å². The van der Waals surface area contributed by atoms with Crippen molar-refractivity contribution in [2.24, 2.45) is 0 Å². The lowest BCUT2D eigenvalue weighted by atomic mass is 9.87. The third kappa shape index (κ3) is 4.40. The molecule has 2 aromatic carbocycles. The van der Waals surface area contributed by atoms with E-state index in [1.54, 1.807) is 35.0 Å². The van der Waals surface area contributed by atoms with Crippen LogP contribution in [0.15, 0.2) is 54.1 Å². The van der Waals surface area contributed by atoms with Crippen molar-refractivity contribution in [2.75, 3.05) is 32.2 Å². The van der Waals surface area contributed by atoms with E-state index in [0.717, 1.165) is 23.2 Å². The van der Waals surface area contributed by atoms with E-state index in [9.17, 15) is 9.59 Å². The number of amides is 2. The molecular weight excluding hydrogens is 420 g/mol. The van der Waals surface area contributed by atoms with E-state index >= 15 is 0 Å². The fraction of sp³-hybridized carbons (Fsp3) is 0.385. The second kappa shape index (κ2) is 8.81. The van der Waals surface area contributed by atoms with Crippen molar-refractivity contribution in [1.82, 2.24) is 4.90 Å². The number of methoxy groups -OCH3 is 2. The van der Waals surface area contributed by atoms with Crippen LogP contribution in [-0.4, -0.2) is 49.8 Å². The summed E-state index contributed by atoms with van der Waals surface area (Å²) < 4.78 is 16.5. The lowest BCUT2D eigenvalue weighted by molar-refractivity contribution is -0.125. The standard InChI is InChI=1S/C26H30N2O5/c1-26(2,3)33-25(30)28-14-12-19(24(28)29)23-20-16-22(32-5)21(31-4)15-17(20)11-13-27(23)18-9-7-6-8-10-18/h6-10,12,15-16,23H,11,13-14H2,1-5H3. The van der Waals surface area contributed by atoms with Crippen molar-refractivity contribution in [1.29, 1.82) is 0 Å². The smallest absolute Gasteiger partial charge is 0.417 e. The Hall–Kier alpha value is -3.48. The van der Waals surface area contributed by atoms with Gasteiger partial charge in [0.15, 0.2) is 11.5 Å². The molecule has 7 nitrogen and oxygen atoms in total. The van der Waals surface area contributed by atoms with Crippen LogP contribution in [0.2, 0.25) is 0 Å². The molecule has 2 amide bonds. The number of benzene rings is 2. The van der Waals surface area contributed by atoms with Gasteiger partial charge in [-0.25, -0.2) is 9.69 Å². The molecule has 0 aliphatic carbocycles. The number of hydrogen-bond acceptors (Lipinski definition) is 6. The van der Waals surface area contributed by atoms with Gasteiger partial charge in [-0.05, 0) is 62.6 Å². The first-order chi connectivity index (χ1) is 15.7. The monoisotopic (exact) mass is 450 g/mol. The molecule has 4 rings (SSSR count). The van der Waals surface area contributed by atoms with Gasteiger partial charge in [-0.1, -0.05) is 24.3 Å². The van der Waals surface area contributed by atoms with Gasteiger partial charge in [-0.2, -0.15) is 0 Å². The summed E-state index contributed by atoms with van der Waals surface area (Å²) in [4.78, 5) is 29.5. The molecule has 7 heteroatoms. The molecule has 2 aliphatic heterocycles.